The summed E-state index contributed by atoms with van der Waals surface area (Å²) in [6.07, 6.45) is 2.67. The standard InChI is InChI=1S/C13H17NO4/c1-17-11-6-5-10(8-12(11)18-2)9-14-7-3-4-13(15)16/h3-6,8,14H,7,9H2,1-2H3,(H,15,16)/b4-3+. The molecule has 0 atom stereocenters. The summed E-state index contributed by atoms with van der Waals surface area (Å²) in [4.78, 5) is 10.2. The molecule has 0 aliphatic carbocycles. The third-order valence-corrected chi connectivity index (χ3v) is 2.30. The maximum atomic E-state index is 10.2. The van der Waals surface area contributed by atoms with E-state index in [9.17, 15) is 4.79 Å². The number of carbonyl (C=O) groups is 1. The zero-order chi connectivity index (χ0) is 13.4. The first-order chi connectivity index (χ1) is 8.67. The Kier molecular flexibility index (Phi) is 5.73. The number of benzene rings is 1. The molecular formula is C13H17NO4. The average Bonchev–Trinajstić information content (AvgIpc) is 2.37. The lowest BCUT2D eigenvalue weighted by Gasteiger charge is -2.09. The number of methoxy groups -OCH3 is 2. The van der Waals surface area contributed by atoms with Crippen LogP contribution in [0.5, 0.6) is 11.5 Å². The first-order valence-electron chi connectivity index (χ1n) is 5.48. The fourth-order valence-corrected chi connectivity index (χ4v) is 1.45. The van der Waals surface area contributed by atoms with E-state index in [1.54, 1.807) is 20.3 Å². The molecule has 1 aromatic carbocycles. The van der Waals surface area contributed by atoms with Crippen molar-refractivity contribution in [2.75, 3.05) is 20.8 Å². The monoisotopic (exact) mass is 251 g/mol. The van der Waals surface area contributed by atoms with Crippen molar-refractivity contribution in [3.05, 3.63) is 35.9 Å². The van der Waals surface area contributed by atoms with Crippen molar-refractivity contribution in [1.82, 2.24) is 5.32 Å². The topological polar surface area (TPSA) is 67.8 Å². The van der Waals surface area contributed by atoms with Crippen LogP contribution in [0.2, 0.25) is 0 Å². The van der Waals surface area contributed by atoms with E-state index in [1.165, 1.54) is 0 Å². The first kappa shape index (κ1) is 14.1. The molecule has 0 unspecified atom stereocenters. The molecule has 0 bridgehead atoms. The van der Waals surface area contributed by atoms with Crippen LogP contribution in [0.25, 0.3) is 0 Å². The zero-order valence-electron chi connectivity index (χ0n) is 10.5. The molecule has 0 amide bonds. The van der Waals surface area contributed by atoms with Crippen molar-refractivity contribution in [2.24, 2.45) is 0 Å². The van der Waals surface area contributed by atoms with Crippen LogP contribution >= 0.6 is 0 Å². The Balaban J connectivity index is 2.50. The second-order valence-electron chi connectivity index (χ2n) is 3.56. The van der Waals surface area contributed by atoms with E-state index in [1.807, 2.05) is 18.2 Å². The van der Waals surface area contributed by atoms with Gasteiger partial charge in [0.15, 0.2) is 11.5 Å². The summed E-state index contributed by atoms with van der Waals surface area (Å²) in [5, 5.41) is 11.5. The molecule has 0 aromatic heterocycles. The largest absolute Gasteiger partial charge is 0.493 e. The molecule has 0 spiro atoms. The van der Waals surface area contributed by atoms with Gasteiger partial charge in [0.05, 0.1) is 14.2 Å². The van der Waals surface area contributed by atoms with Gasteiger partial charge >= 0.3 is 5.97 Å². The van der Waals surface area contributed by atoms with Gasteiger partial charge in [-0.3, -0.25) is 0 Å². The molecular weight excluding hydrogens is 234 g/mol. The van der Waals surface area contributed by atoms with E-state index in [-0.39, 0.29) is 0 Å². The van der Waals surface area contributed by atoms with E-state index < -0.39 is 5.97 Å². The van der Waals surface area contributed by atoms with Crippen LogP contribution in [0.4, 0.5) is 0 Å². The third kappa shape index (κ3) is 4.47. The van der Waals surface area contributed by atoms with E-state index in [2.05, 4.69) is 5.32 Å². The summed E-state index contributed by atoms with van der Waals surface area (Å²) in [5.74, 6) is 0.424. The zero-order valence-corrected chi connectivity index (χ0v) is 10.5. The Morgan fingerprint density at radius 1 is 1.33 bits per heavy atom. The fraction of sp³-hybridized carbons (Fsp3) is 0.308. The molecule has 18 heavy (non-hydrogen) atoms. The first-order valence-corrected chi connectivity index (χ1v) is 5.48. The van der Waals surface area contributed by atoms with Crippen molar-refractivity contribution in [1.29, 1.82) is 0 Å². The Bertz CT molecular complexity index is 429. The van der Waals surface area contributed by atoms with Gasteiger partial charge in [0, 0.05) is 19.2 Å². The second kappa shape index (κ2) is 7.34. The Morgan fingerprint density at radius 2 is 2.06 bits per heavy atom. The average molecular weight is 251 g/mol. The molecule has 1 aromatic rings. The molecule has 2 N–H and O–H groups in total. The molecule has 0 radical (unpaired) electrons. The van der Waals surface area contributed by atoms with Crippen LogP contribution in [0.1, 0.15) is 5.56 Å². The van der Waals surface area contributed by atoms with Crippen molar-refractivity contribution in [3.8, 4) is 11.5 Å². The summed E-state index contributed by atoms with van der Waals surface area (Å²) in [7, 11) is 3.18. The van der Waals surface area contributed by atoms with Crippen molar-refractivity contribution in [2.45, 2.75) is 6.54 Å². The summed E-state index contributed by atoms with van der Waals surface area (Å²) in [6, 6.07) is 5.64. The SMILES string of the molecule is COc1ccc(CNC/C=C/C(=O)O)cc1OC. The van der Waals surface area contributed by atoms with Gasteiger partial charge < -0.3 is 19.9 Å². The molecule has 0 saturated heterocycles. The van der Waals surface area contributed by atoms with Gasteiger partial charge in [0.25, 0.3) is 0 Å². The molecule has 0 aliphatic rings. The fourth-order valence-electron chi connectivity index (χ4n) is 1.45. The number of carboxylic acid groups (broad SMARTS) is 1. The number of aliphatic carboxylic acids is 1. The Hall–Kier alpha value is -2.01. The number of nitrogens with one attached hydrogen (secondary N) is 1. The highest BCUT2D eigenvalue weighted by atomic mass is 16.5. The molecule has 5 heteroatoms. The molecule has 0 aliphatic heterocycles. The van der Waals surface area contributed by atoms with Crippen molar-refractivity contribution >= 4 is 5.97 Å². The lowest BCUT2D eigenvalue weighted by molar-refractivity contribution is -0.131. The lowest BCUT2D eigenvalue weighted by atomic mass is 10.2. The molecule has 0 fully saturated rings. The van der Waals surface area contributed by atoms with E-state index in [4.69, 9.17) is 14.6 Å². The van der Waals surface area contributed by atoms with Gasteiger partial charge in [0.1, 0.15) is 0 Å². The number of hydrogen-bond donors (Lipinski definition) is 2. The summed E-state index contributed by atoms with van der Waals surface area (Å²) < 4.78 is 10.3. The third-order valence-electron chi connectivity index (χ3n) is 2.30. The minimum Gasteiger partial charge on any atom is -0.493 e. The lowest BCUT2D eigenvalue weighted by Crippen LogP contribution is -2.13. The van der Waals surface area contributed by atoms with Crippen LogP contribution in [-0.2, 0) is 11.3 Å². The number of rotatable bonds is 7. The van der Waals surface area contributed by atoms with Crippen LogP contribution in [0.15, 0.2) is 30.4 Å². The second-order valence-corrected chi connectivity index (χ2v) is 3.56. The minimum atomic E-state index is -0.942. The molecule has 1 rings (SSSR count). The van der Waals surface area contributed by atoms with Crippen LogP contribution in [0, 0.1) is 0 Å². The predicted molar refractivity (Wildman–Crippen MR) is 68.0 cm³/mol. The van der Waals surface area contributed by atoms with E-state index in [0.29, 0.717) is 24.6 Å². The van der Waals surface area contributed by atoms with Crippen molar-refractivity contribution in [3.63, 3.8) is 0 Å². The van der Waals surface area contributed by atoms with Gasteiger partial charge in [-0.05, 0) is 17.7 Å². The Morgan fingerprint density at radius 3 is 2.67 bits per heavy atom. The number of carboxylic acids is 1. The smallest absolute Gasteiger partial charge is 0.328 e. The Labute approximate surface area is 106 Å². The maximum absolute atomic E-state index is 10.2. The summed E-state index contributed by atoms with van der Waals surface area (Å²) in [5.41, 5.74) is 1.04. The van der Waals surface area contributed by atoms with Gasteiger partial charge in [0.2, 0.25) is 0 Å². The highest BCUT2D eigenvalue weighted by Crippen LogP contribution is 2.27. The van der Waals surface area contributed by atoms with Crippen LogP contribution in [0.3, 0.4) is 0 Å². The highest BCUT2D eigenvalue weighted by Gasteiger charge is 2.03. The van der Waals surface area contributed by atoms with Crippen molar-refractivity contribution < 1.29 is 19.4 Å². The molecule has 5 nitrogen and oxygen atoms in total. The minimum absolute atomic E-state index is 0.501. The van der Waals surface area contributed by atoms with E-state index in [0.717, 1.165) is 11.6 Å². The van der Waals surface area contributed by atoms with Crippen LogP contribution < -0.4 is 14.8 Å². The van der Waals surface area contributed by atoms with E-state index >= 15 is 0 Å². The number of ether oxygens (including phenoxy) is 2. The molecule has 0 saturated carbocycles. The van der Waals surface area contributed by atoms with Crippen LogP contribution in [-0.4, -0.2) is 31.8 Å². The van der Waals surface area contributed by atoms with Gasteiger partial charge in [-0.15, -0.1) is 0 Å². The summed E-state index contributed by atoms with van der Waals surface area (Å²) in [6.45, 7) is 1.13. The quantitative estimate of drug-likeness (QED) is 0.567. The number of hydrogen-bond acceptors (Lipinski definition) is 4. The highest BCUT2D eigenvalue weighted by molar-refractivity contribution is 5.79. The van der Waals surface area contributed by atoms with Gasteiger partial charge in [-0.2, -0.15) is 0 Å². The maximum Gasteiger partial charge on any atom is 0.328 e. The van der Waals surface area contributed by atoms with Gasteiger partial charge in [-0.25, -0.2) is 4.79 Å². The summed E-state index contributed by atoms with van der Waals surface area (Å²) >= 11 is 0. The molecule has 0 heterocycles. The normalized spacial score (nSPS) is 10.6. The van der Waals surface area contributed by atoms with Gasteiger partial charge in [-0.1, -0.05) is 12.1 Å². The predicted octanol–water partition coefficient (Wildman–Crippen LogP) is 1.43. The molecule has 98 valence electrons.